The molecule has 0 spiro atoms. The number of rotatable bonds is 3. The van der Waals surface area contributed by atoms with Crippen molar-refractivity contribution in [2.24, 2.45) is 5.92 Å². The van der Waals surface area contributed by atoms with E-state index >= 15 is 0 Å². The van der Waals surface area contributed by atoms with Crippen molar-refractivity contribution in [1.29, 1.82) is 0 Å². The van der Waals surface area contributed by atoms with Crippen molar-refractivity contribution in [2.75, 3.05) is 0 Å². The Kier molecular flexibility index (Phi) is 2.93. The summed E-state index contributed by atoms with van der Waals surface area (Å²) in [6.07, 6.45) is 1.57. The molecule has 0 fully saturated rings. The molecule has 0 saturated heterocycles. The highest BCUT2D eigenvalue weighted by Gasteiger charge is 2.32. The molecule has 15 heavy (non-hydrogen) atoms. The molecule has 1 aliphatic rings. The zero-order valence-electron chi connectivity index (χ0n) is 8.11. The van der Waals surface area contributed by atoms with Crippen LogP contribution in [0.5, 0.6) is 0 Å². The normalized spacial score (nSPS) is 17.4. The van der Waals surface area contributed by atoms with Gasteiger partial charge in [0.25, 0.3) is 0 Å². The van der Waals surface area contributed by atoms with E-state index in [-0.39, 0.29) is 5.92 Å². The maximum Gasteiger partial charge on any atom is 0.322 e. The Morgan fingerprint density at radius 3 is 2.33 bits per heavy atom. The molecule has 0 saturated carbocycles. The Morgan fingerprint density at radius 2 is 1.93 bits per heavy atom. The van der Waals surface area contributed by atoms with Crippen LogP contribution in [-0.4, -0.2) is 17.1 Å². The van der Waals surface area contributed by atoms with E-state index in [0.717, 1.165) is 12.8 Å². The van der Waals surface area contributed by atoms with Crippen molar-refractivity contribution in [3.8, 4) is 0 Å². The molecule has 0 radical (unpaired) electrons. The Labute approximate surface area is 93.2 Å². The summed E-state index contributed by atoms with van der Waals surface area (Å²) in [5.41, 5.74) is 2.47. The Balaban J connectivity index is 2.15. The largest absolute Gasteiger partial charge is 0.480 e. The van der Waals surface area contributed by atoms with E-state index in [1.165, 1.54) is 11.1 Å². The first-order valence-electron chi connectivity index (χ1n) is 4.88. The van der Waals surface area contributed by atoms with Crippen LogP contribution >= 0.6 is 11.8 Å². The van der Waals surface area contributed by atoms with E-state index < -0.39 is 12.0 Å². The zero-order valence-corrected chi connectivity index (χ0v) is 8.87. The summed E-state index contributed by atoms with van der Waals surface area (Å²) in [6, 6.07) is 7.38. The molecule has 0 aliphatic heterocycles. The summed E-state index contributed by atoms with van der Waals surface area (Å²) < 4.78 is 0. The lowest BCUT2D eigenvalue weighted by molar-refractivity contribution is -0.140. The minimum absolute atomic E-state index is 0.0531. The molecule has 0 amide bonds. The van der Waals surface area contributed by atoms with Gasteiger partial charge in [-0.05, 0) is 41.7 Å². The van der Waals surface area contributed by atoms with E-state index in [1.807, 2.05) is 24.3 Å². The maximum atomic E-state index is 10.9. The van der Waals surface area contributed by atoms with Crippen LogP contribution in [0.1, 0.15) is 11.1 Å². The van der Waals surface area contributed by atoms with E-state index in [0.29, 0.717) is 0 Å². The second-order valence-electron chi connectivity index (χ2n) is 3.86. The first kappa shape index (κ1) is 10.5. The van der Waals surface area contributed by atoms with Gasteiger partial charge in [-0.2, -0.15) is 0 Å². The molecule has 80 valence electrons. The number of hydrogen-bond donors (Lipinski definition) is 2. The van der Waals surface area contributed by atoms with Gasteiger partial charge in [-0.3, -0.25) is 4.79 Å². The molecule has 1 atom stereocenters. The number of benzene rings is 1. The maximum absolute atomic E-state index is 10.9. The van der Waals surface area contributed by atoms with Gasteiger partial charge in [0.05, 0.1) is 0 Å². The molecule has 3 nitrogen and oxygen atoms in total. The van der Waals surface area contributed by atoms with Gasteiger partial charge in [0.15, 0.2) is 0 Å². The third kappa shape index (κ3) is 1.98. The zero-order chi connectivity index (χ0) is 10.8. The summed E-state index contributed by atoms with van der Waals surface area (Å²) in [5, 5.41) is 8.97. The Bertz CT molecular complexity index is 356. The standard InChI is InChI=1S/C11H12ClNO2/c12-13-10(11(14)15)9-5-7-3-1-2-4-8(7)6-9/h1-4,9-10,13H,5-6H2,(H,14,15)/t10-/m0/s1. The number of nitrogens with one attached hydrogen (secondary N) is 1. The van der Waals surface area contributed by atoms with Crippen molar-refractivity contribution in [1.82, 2.24) is 4.84 Å². The predicted octanol–water partition coefficient (Wildman–Crippen LogP) is 1.60. The average molecular weight is 226 g/mol. The van der Waals surface area contributed by atoms with Crippen LogP contribution in [-0.2, 0) is 17.6 Å². The smallest absolute Gasteiger partial charge is 0.322 e. The number of halogens is 1. The molecule has 2 N–H and O–H groups in total. The van der Waals surface area contributed by atoms with E-state index in [9.17, 15) is 4.79 Å². The molecule has 1 aromatic rings. The quantitative estimate of drug-likeness (QED) is 0.769. The van der Waals surface area contributed by atoms with Crippen molar-refractivity contribution in [2.45, 2.75) is 18.9 Å². The lowest BCUT2D eigenvalue weighted by atomic mass is 9.97. The summed E-state index contributed by atoms with van der Waals surface area (Å²) in [5.74, 6) is -0.833. The van der Waals surface area contributed by atoms with Crippen LogP contribution in [0.25, 0.3) is 0 Å². The second-order valence-corrected chi connectivity index (χ2v) is 4.08. The van der Waals surface area contributed by atoms with Crippen LogP contribution in [0, 0.1) is 5.92 Å². The number of hydrogen-bond acceptors (Lipinski definition) is 2. The summed E-state index contributed by atoms with van der Waals surface area (Å²) in [6.45, 7) is 0. The van der Waals surface area contributed by atoms with Gasteiger partial charge in [0.2, 0.25) is 0 Å². The van der Waals surface area contributed by atoms with Crippen molar-refractivity contribution >= 4 is 17.7 Å². The third-order valence-electron chi connectivity index (χ3n) is 2.94. The number of aliphatic carboxylic acids is 1. The molecular formula is C11H12ClNO2. The fourth-order valence-corrected chi connectivity index (χ4v) is 2.44. The molecular weight excluding hydrogens is 214 g/mol. The molecule has 0 heterocycles. The van der Waals surface area contributed by atoms with Gasteiger partial charge < -0.3 is 5.11 Å². The van der Waals surface area contributed by atoms with Crippen LogP contribution in [0.2, 0.25) is 0 Å². The minimum atomic E-state index is -0.886. The number of carbonyl (C=O) groups is 1. The molecule has 0 aromatic heterocycles. The fourth-order valence-electron chi connectivity index (χ4n) is 2.17. The van der Waals surface area contributed by atoms with Gasteiger partial charge in [-0.25, -0.2) is 4.84 Å². The van der Waals surface area contributed by atoms with Gasteiger partial charge in [0, 0.05) is 0 Å². The van der Waals surface area contributed by atoms with Gasteiger partial charge in [-0.15, -0.1) is 0 Å². The molecule has 1 aromatic carbocycles. The highest BCUT2D eigenvalue weighted by atomic mass is 35.5. The number of carboxylic acid groups (broad SMARTS) is 1. The van der Waals surface area contributed by atoms with Gasteiger partial charge >= 0.3 is 5.97 Å². The molecule has 1 aliphatic carbocycles. The fraction of sp³-hybridized carbons (Fsp3) is 0.364. The number of carboxylic acids is 1. The Morgan fingerprint density at radius 1 is 1.40 bits per heavy atom. The summed E-state index contributed by atoms with van der Waals surface area (Å²) >= 11 is 5.45. The monoisotopic (exact) mass is 225 g/mol. The topological polar surface area (TPSA) is 49.3 Å². The third-order valence-corrected chi connectivity index (χ3v) is 3.17. The molecule has 0 unspecified atom stereocenters. The first-order chi connectivity index (χ1) is 7.22. The van der Waals surface area contributed by atoms with Gasteiger partial charge in [-0.1, -0.05) is 24.3 Å². The van der Waals surface area contributed by atoms with E-state index in [1.54, 1.807) is 0 Å². The van der Waals surface area contributed by atoms with Crippen LogP contribution in [0.15, 0.2) is 24.3 Å². The summed E-state index contributed by atoms with van der Waals surface area (Å²) in [7, 11) is 0. The first-order valence-corrected chi connectivity index (χ1v) is 5.26. The van der Waals surface area contributed by atoms with Crippen molar-refractivity contribution < 1.29 is 9.90 Å². The lowest BCUT2D eigenvalue weighted by Crippen LogP contribution is -2.38. The van der Waals surface area contributed by atoms with E-state index in [2.05, 4.69) is 4.84 Å². The minimum Gasteiger partial charge on any atom is -0.480 e. The van der Waals surface area contributed by atoms with Crippen LogP contribution in [0.3, 0.4) is 0 Å². The summed E-state index contributed by atoms with van der Waals surface area (Å²) in [4.78, 5) is 13.3. The Hall–Kier alpha value is -1.06. The highest BCUT2D eigenvalue weighted by Crippen LogP contribution is 2.28. The van der Waals surface area contributed by atoms with Crippen molar-refractivity contribution in [3.05, 3.63) is 35.4 Å². The van der Waals surface area contributed by atoms with Crippen LogP contribution in [0.4, 0.5) is 0 Å². The van der Waals surface area contributed by atoms with Crippen LogP contribution < -0.4 is 4.84 Å². The van der Waals surface area contributed by atoms with Crippen molar-refractivity contribution in [3.63, 3.8) is 0 Å². The molecule has 0 bridgehead atoms. The van der Waals surface area contributed by atoms with Gasteiger partial charge in [0.1, 0.15) is 6.04 Å². The second kappa shape index (κ2) is 4.21. The molecule has 2 rings (SSSR count). The highest BCUT2D eigenvalue weighted by molar-refractivity contribution is 6.14. The SMILES string of the molecule is O=C(O)[C@@H](NCl)C1Cc2ccccc2C1. The predicted molar refractivity (Wildman–Crippen MR) is 57.8 cm³/mol. The number of fused-ring (bicyclic) bond motifs is 1. The molecule has 4 heteroatoms. The van der Waals surface area contributed by atoms with E-state index in [4.69, 9.17) is 16.9 Å². The lowest BCUT2D eigenvalue weighted by Gasteiger charge is -2.16. The average Bonchev–Trinajstić information content (AvgIpc) is 2.61.